The highest BCUT2D eigenvalue weighted by molar-refractivity contribution is 6.30. The average Bonchev–Trinajstić information content (AvgIpc) is 2.73. The lowest BCUT2D eigenvalue weighted by atomic mass is 9.83. The van der Waals surface area contributed by atoms with Crippen LogP contribution in [0.4, 0.5) is 0 Å². The number of nitrogens with one attached hydrogen (secondary N) is 1. The molecule has 1 N–H and O–H groups in total. The van der Waals surface area contributed by atoms with E-state index in [0.717, 1.165) is 17.5 Å². The van der Waals surface area contributed by atoms with Crippen LogP contribution in [-0.2, 0) is 13.5 Å². The van der Waals surface area contributed by atoms with E-state index >= 15 is 0 Å². The van der Waals surface area contributed by atoms with E-state index in [4.69, 9.17) is 11.6 Å². The van der Waals surface area contributed by atoms with Gasteiger partial charge in [-0.2, -0.15) is 0 Å². The molecule has 2 atom stereocenters. The summed E-state index contributed by atoms with van der Waals surface area (Å²) in [5.41, 5.74) is 2.83. The van der Waals surface area contributed by atoms with Crippen molar-refractivity contribution in [1.82, 2.24) is 9.88 Å². The Kier molecular flexibility index (Phi) is 1.89. The van der Waals surface area contributed by atoms with E-state index in [-0.39, 0.29) is 0 Å². The molecule has 1 aliphatic heterocycles. The standard InChI is InChI=1S/C11H15ClN2/c1-14-6-9-8(11(14)12)3-2-7-4-5-13-10(7)9/h6-7,10,13H,2-5H2,1H3. The van der Waals surface area contributed by atoms with E-state index in [2.05, 4.69) is 16.1 Å². The Morgan fingerprint density at radius 2 is 2.36 bits per heavy atom. The van der Waals surface area contributed by atoms with Gasteiger partial charge in [0, 0.05) is 19.3 Å². The van der Waals surface area contributed by atoms with E-state index in [1.807, 2.05) is 7.05 Å². The minimum atomic E-state index is 0.581. The molecule has 0 aromatic carbocycles. The van der Waals surface area contributed by atoms with Crippen LogP contribution in [0, 0.1) is 5.92 Å². The van der Waals surface area contributed by atoms with Gasteiger partial charge in [-0.15, -0.1) is 0 Å². The quantitative estimate of drug-likeness (QED) is 0.695. The Labute approximate surface area is 89.2 Å². The summed E-state index contributed by atoms with van der Waals surface area (Å²) < 4.78 is 2.05. The maximum absolute atomic E-state index is 6.25. The van der Waals surface area contributed by atoms with Gasteiger partial charge in [0.05, 0.1) is 0 Å². The Balaban J connectivity index is 2.09. The summed E-state index contributed by atoms with van der Waals surface area (Å²) in [6, 6.07) is 0.581. The number of rotatable bonds is 0. The first kappa shape index (κ1) is 8.81. The van der Waals surface area contributed by atoms with Gasteiger partial charge in [0.15, 0.2) is 0 Å². The predicted octanol–water partition coefficient (Wildman–Crippen LogP) is 2.28. The molecule has 1 aromatic heterocycles. The van der Waals surface area contributed by atoms with Crippen LogP contribution >= 0.6 is 11.6 Å². The molecule has 14 heavy (non-hydrogen) atoms. The largest absolute Gasteiger partial charge is 0.341 e. The van der Waals surface area contributed by atoms with Gasteiger partial charge in [-0.05, 0) is 42.9 Å². The minimum Gasteiger partial charge on any atom is -0.341 e. The summed E-state index contributed by atoms with van der Waals surface area (Å²) >= 11 is 6.25. The zero-order valence-electron chi connectivity index (χ0n) is 8.39. The highest BCUT2D eigenvalue weighted by Crippen LogP contribution is 2.42. The summed E-state index contributed by atoms with van der Waals surface area (Å²) in [4.78, 5) is 0. The molecule has 0 spiro atoms. The molecule has 0 amide bonds. The number of fused-ring (bicyclic) bond motifs is 3. The van der Waals surface area contributed by atoms with Crippen molar-refractivity contribution in [3.63, 3.8) is 0 Å². The van der Waals surface area contributed by atoms with Crippen LogP contribution in [0.15, 0.2) is 6.20 Å². The molecule has 0 saturated carbocycles. The second kappa shape index (κ2) is 3.01. The van der Waals surface area contributed by atoms with Crippen molar-refractivity contribution in [2.24, 2.45) is 13.0 Å². The topological polar surface area (TPSA) is 17.0 Å². The van der Waals surface area contributed by atoms with E-state index in [9.17, 15) is 0 Å². The fourth-order valence-electron chi connectivity index (χ4n) is 2.95. The van der Waals surface area contributed by atoms with E-state index in [0.29, 0.717) is 6.04 Å². The number of nitrogens with zero attached hydrogens (tertiary/aromatic N) is 1. The lowest BCUT2D eigenvalue weighted by molar-refractivity contribution is 0.407. The fourth-order valence-corrected chi connectivity index (χ4v) is 3.21. The normalized spacial score (nSPS) is 30.1. The van der Waals surface area contributed by atoms with Crippen LogP contribution in [0.25, 0.3) is 0 Å². The minimum absolute atomic E-state index is 0.581. The number of hydrogen-bond donors (Lipinski definition) is 1. The molecular formula is C11H15ClN2. The fraction of sp³-hybridized carbons (Fsp3) is 0.636. The van der Waals surface area contributed by atoms with Crippen LogP contribution < -0.4 is 5.32 Å². The molecule has 2 nitrogen and oxygen atoms in total. The summed E-state index contributed by atoms with van der Waals surface area (Å²) in [6.45, 7) is 1.17. The van der Waals surface area contributed by atoms with Gasteiger partial charge in [0.2, 0.25) is 0 Å². The number of halogens is 1. The molecule has 1 aromatic rings. The molecule has 1 saturated heterocycles. The molecular weight excluding hydrogens is 196 g/mol. The van der Waals surface area contributed by atoms with E-state index < -0.39 is 0 Å². The van der Waals surface area contributed by atoms with Crippen molar-refractivity contribution in [3.05, 3.63) is 22.5 Å². The Bertz CT molecular complexity index is 370. The smallest absolute Gasteiger partial charge is 0.112 e. The van der Waals surface area contributed by atoms with Gasteiger partial charge in [0.25, 0.3) is 0 Å². The Morgan fingerprint density at radius 3 is 3.21 bits per heavy atom. The summed E-state index contributed by atoms with van der Waals surface area (Å²) in [5.74, 6) is 0.848. The van der Waals surface area contributed by atoms with Crippen molar-refractivity contribution in [3.8, 4) is 0 Å². The lowest BCUT2D eigenvalue weighted by Gasteiger charge is -2.25. The van der Waals surface area contributed by atoms with Crippen LogP contribution in [0.3, 0.4) is 0 Å². The number of hydrogen-bond acceptors (Lipinski definition) is 1. The summed E-state index contributed by atoms with van der Waals surface area (Å²) in [5, 5.41) is 4.52. The van der Waals surface area contributed by atoms with Gasteiger partial charge < -0.3 is 9.88 Å². The molecule has 0 radical (unpaired) electrons. The third-order valence-corrected chi connectivity index (χ3v) is 4.19. The van der Waals surface area contributed by atoms with Crippen LogP contribution in [0.5, 0.6) is 0 Å². The second-order valence-electron chi connectivity index (χ2n) is 4.48. The lowest BCUT2D eigenvalue weighted by Crippen LogP contribution is -2.22. The zero-order chi connectivity index (χ0) is 9.71. The van der Waals surface area contributed by atoms with Crippen LogP contribution in [0.2, 0.25) is 5.15 Å². The molecule has 1 aliphatic carbocycles. The second-order valence-corrected chi connectivity index (χ2v) is 4.84. The van der Waals surface area contributed by atoms with Crippen LogP contribution in [0.1, 0.15) is 30.0 Å². The monoisotopic (exact) mass is 210 g/mol. The number of aryl methyl sites for hydroxylation is 1. The zero-order valence-corrected chi connectivity index (χ0v) is 9.14. The molecule has 0 bridgehead atoms. The predicted molar refractivity (Wildman–Crippen MR) is 57.6 cm³/mol. The first-order valence-corrected chi connectivity index (χ1v) is 5.72. The molecule has 76 valence electrons. The first-order chi connectivity index (χ1) is 6.77. The molecule has 2 aliphatic rings. The Hall–Kier alpha value is -0.470. The van der Waals surface area contributed by atoms with Crippen molar-refractivity contribution < 1.29 is 0 Å². The number of aromatic nitrogens is 1. The van der Waals surface area contributed by atoms with Crippen molar-refractivity contribution in [1.29, 1.82) is 0 Å². The highest BCUT2D eigenvalue weighted by Gasteiger charge is 2.35. The SMILES string of the molecule is Cn1cc2c(c1Cl)CCC1CCNC21. The molecule has 3 rings (SSSR count). The molecule has 1 fully saturated rings. The van der Waals surface area contributed by atoms with Crippen molar-refractivity contribution >= 4 is 11.6 Å². The van der Waals surface area contributed by atoms with Gasteiger partial charge in [-0.3, -0.25) is 0 Å². The average molecular weight is 211 g/mol. The van der Waals surface area contributed by atoms with Crippen molar-refractivity contribution in [2.75, 3.05) is 6.54 Å². The maximum atomic E-state index is 6.25. The van der Waals surface area contributed by atoms with Gasteiger partial charge in [-0.1, -0.05) is 11.6 Å². The highest BCUT2D eigenvalue weighted by atomic mass is 35.5. The molecule has 2 heterocycles. The van der Waals surface area contributed by atoms with Gasteiger partial charge >= 0.3 is 0 Å². The van der Waals surface area contributed by atoms with Gasteiger partial charge in [-0.25, -0.2) is 0 Å². The Morgan fingerprint density at radius 1 is 1.50 bits per heavy atom. The maximum Gasteiger partial charge on any atom is 0.112 e. The first-order valence-electron chi connectivity index (χ1n) is 5.34. The van der Waals surface area contributed by atoms with Crippen molar-refractivity contribution in [2.45, 2.75) is 25.3 Å². The van der Waals surface area contributed by atoms with Crippen LogP contribution in [-0.4, -0.2) is 11.1 Å². The summed E-state index contributed by atoms with van der Waals surface area (Å²) in [7, 11) is 2.03. The summed E-state index contributed by atoms with van der Waals surface area (Å²) in [6.07, 6.45) is 6.00. The molecule has 2 unspecified atom stereocenters. The molecule has 3 heteroatoms. The third kappa shape index (κ3) is 1.07. The van der Waals surface area contributed by atoms with E-state index in [1.54, 1.807) is 0 Å². The van der Waals surface area contributed by atoms with E-state index in [1.165, 1.54) is 30.5 Å². The van der Waals surface area contributed by atoms with Gasteiger partial charge in [0.1, 0.15) is 5.15 Å². The third-order valence-electron chi connectivity index (χ3n) is 3.69.